The summed E-state index contributed by atoms with van der Waals surface area (Å²) >= 11 is 0. The van der Waals surface area contributed by atoms with Crippen molar-refractivity contribution in [1.82, 2.24) is 0 Å². The number of rotatable bonds is 4. The third-order valence-corrected chi connectivity index (χ3v) is 3.24. The third-order valence-electron chi connectivity index (χ3n) is 3.24. The highest BCUT2D eigenvalue weighted by atomic mass is 19.1. The van der Waals surface area contributed by atoms with Crippen LogP contribution in [0.2, 0.25) is 0 Å². The number of nitrogens with one attached hydrogen (secondary N) is 1. The molecule has 0 aromatic heterocycles. The molecule has 0 aliphatic heterocycles. The normalized spacial score (nSPS) is 11.8. The first kappa shape index (κ1) is 15.8. The average Bonchev–Trinajstić information content (AvgIpc) is 2.46. The topological polar surface area (TPSA) is 58.6 Å². The van der Waals surface area contributed by atoms with Crippen LogP contribution < -0.4 is 10.1 Å². The molecule has 0 bridgehead atoms. The summed E-state index contributed by atoms with van der Waals surface area (Å²) in [5.74, 6) is -1.27. The van der Waals surface area contributed by atoms with Gasteiger partial charge in [0.1, 0.15) is 5.75 Å². The van der Waals surface area contributed by atoms with Gasteiger partial charge in [0.05, 0.1) is 5.69 Å². The summed E-state index contributed by atoms with van der Waals surface area (Å²) in [6.45, 7) is 5.44. The maximum atomic E-state index is 13.7. The van der Waals surface area contributed by atoms with Crippen LogP contribution >= 0.6 is 0 Å². The van der Waals surface area contributed by atoms with Crippen LogP contribution in [-0.4, -0.2) is 17.1 Å². The molecule has 1 unspecified atom stereocenters. The number of ether oxygens (including phenoxy) is 1. The molecule has 1 atom stereocenters. The van der Waals surface area contributed by atoms with E-state index in [1.54, 1.807) is 13.0 Å². The zero-order chi connectivity index (χ0) is 16.3. The summed E-state index contributed by atoms with van der Waals surface area (Å²) in [7, 11) is 0. The fourth-order valence-electron chi connectivity index (χ4n) is 2.03. The maximum Gasteiger partial charge on any atom is 0.265 e. The van der Waals surface area contributed by atoms with Crippen molar-refractivity contribution in [3.8, 4) is 11.5 Å². The molecule has 2 aromatic rings. The molecular formula is C17H18FNO3. The first-order valence-electron chi connectivity index (χ1n) is 6.90. The number of anilines is 1. The van der Waals surface area contributed by atoms with E-state index in [0.29, 0.717) is 5.75 Å². The minimum absolute atomic E-state index is 0.0823. The van der Waals surface area contributed by atoms with Crippen LogP contribution in [0.1, 0.15) is 18.1 Å². The van der Waals surface area contributed by atoms with Gasteiger partial charge in [-0.1, -0.05) is 23.8 Å². The summed E-state index contributed by atoms with van der Waals surface area (Å²) in [5, 5.41) is 11.7. The summed E-state index contributed by atoms with van der Waals surface area (Å²) in [4.78, 5) is 12.1. The number of amides is 1. The molecule has 2 aromatic carbocycles. The SMILES string of the molecule is Cc1ccc(OC(C)C(=O)Nc2cccc(O)c2F)c(C)c1. The minimum Gasteiger partial charge on any atom is -0.505 e. The molecule has 0 radical (unpaired) electrons. The minimum atomic E-state index is -0.866. The van der Waals surface area contributed by atoms with Gasteiger partial charge in [-0.05, 0) is 44.5 Å². The van der Waals surface area contributed by atoms with Crippen molar-refractivity contribution >= 4 is 11.6 Å². The quantitative estimate of drug-likeness (QED) is 0.908. The van der Waals surface area contributed by atoms with Gasteiger partial charge in [0.15, 0.2) is 17.7 Å². The molecule has 0 aliphatic rings. The number of hydrogen-bond donors (Lipinski definition) is 2. The molecule has 5 heteroatoms. The zero-order valence-electron chi connectivity index (χ0n) is 12.7. The predicted octanol–water partition coefficient (Wildman–Crippen LogP) is 3.55. The van der Waals surface area contributed by atoms with Gasteiger partial charge < -0.3 is 15.2 Å². The second kappa shape index (κ2) is 6.47. The highest BCUT2D eigenvalue weighted by Gasteiger charge is 2.18. The fourth-order valence-corrected chi connectivity index (χ4v) is 2.03. The predicted molar refractivity (Wildman–Crippen MR) is 82.7 cm³/mol. The Morgan fingerprint density at radius 3 is 2.68 bits per heavy atom. The Balaban J connectivity index is 2.07. The largest absolute Gasteiger partial charge is 0.505 e. The molecule has 2 N–H and O–H groups in total. The Bertz CT molecular complexity index is 700. The van der Waals surface area contributed by atoms with Crippen molar-refractivity contribution in [3.05, 3.63) is 53.3 Å². The van der Waals surface area contributed by atoms with Crippen molar-refractivity contribution in [2.24, 2.45) is 0 Å². The van der Waals surface area contributed by atoms with Crippen LogP contribution in [0.15, 0.2) is 36.4 Å². The maximum absolute atomic E-state index is 13.7. The molecule has 116 valence electrons. The Labute approximate surface area is 128 Å². The molecule has 0 saturated heterocycles. The number of phenolic OH excluding ortho intramolecular Hbond substituents is 1. The summed E-state index contributed by atoms with van der Waals surface area (Å²) in [6, 6.07) is 9.67. The van der Waals surface area contributed by atoms with Gasteiger partial charge in [-0.15, -0.1) is 0 Å². The molecule has 2 rings (SSSR count). The van der Waals surface area contributed by atoms with Gasteiger partial charge in [0.25, 0.3) is 5.91 Å². The Hall–Kier alpha value is -2.56. The van der Waals surface area contributed by atoms with Crippen LogP contribution in [0, 0.1) is 19.7 Å². The average molecular weight is 303 g/mol. The van der Waals surface area contributed by atoms with Gasteiger partial charge in [-0.25, -0.2) is 4.39 Å². The fraction of sp³-hybridized carbons (Fsp3) is 0.235. The lowest BCUT2D eigenvalue weighted by molar-refractivity contribution is -0.122. The number of benzene rings is 2. The Kier molecular flexibility index (Phi) is 4.65. The van der Waals surface area contributed by atoms with Gasteiger partial charge in [-0.2, -0.15) is 0 Å². The van der Waals surface area contributed by atoms with Crippen molar-refractivity contribution in [2.75, 3.05) is 5.32 Å². The monoisotopic (exact) mass is 303 g/mol. The molecule has 4 nitrogen and oxygen atoms in total. The lowest BCUT2D eigenvalue weighted by Gasteiger charge is -2.17. The lowest BCUT2D eigenvalue weighted by Crippen LogP contribution is -2.30. The van der Waals surface area contributed by atoms with E-state index in [4.69, 9.17) is 4.74 Å². The van der Waals surface area contributed by atoms with Crippen LogP contribution in [0.25, 0.3) is 0 Å². The Morgan fingerprint density at radius 2 is 2.00 bits per heavy atom. The first-order chi connectivity index (χ1) is 10.4. The Morgan fingerprint density at radius 1 is 1.27 bits per heavy atom. The summed E-state index contributed by atoms with van der Waals surface area (Å²) < 4.78 is 19.3. The van der Waals surface area contributed by atoms with E-state index in [1.165, 1.54) is 18.2 Å². The van der Waals surface area contributed by atoms with Crippen molar-refractivity contribution in [3.63, 3.8) is 0 Å². The molecule has 0 saturated carbocycles. The number of phenols is 1. The number of carbonyl (C=O) groups is 1. The number of hydrogen-bond acceptors (Lipinski definition) is 3. The standard InChI is InChI=1S/C17H18FNO3/c1-10-7-8-15(11(2)9-10)22-12(3)17(21)19-13-5-4-6-14(20)16(13)18/h4-9,12,20H,1-3H3,(H,19,21). The number of halogens is 1. The van der Waals surface area contributed by atoms with E-state index in [1.807, 2.05) is 26.0 Å². The second-order valence-electron chi connectivity index (χ2n) is 5.16. The third kappa shape index (κ3) is 3.55. The van der Waals surface area contributed by atoms with Gasteiger partial charge in [-0.3, -0.25) is 4.79 Å². The van der Waals surface area contributed by atoms with Crippen molar-refractivity contribution in [2.45, 2.75) is 26.9 Å². The number of aromatic hydroxyl groups is 1. The van der Waals surface area contributed by atoms with Gasteiger partial charge in [0, 0.05) is 0 Å². The number of carbonyl (C=O) groups excluding carboxylic acids is 1. The first-order valence-corrected chi connectivity index (χ1v) is 6.90. The molecule has 0 heterocycles. The molecule has 0 fully saturated rings. The van der Waals surface area contributed by atoms with Crippen molar-refractivity contribution in [1.29, 1.82) is 0 Å². The zero-order valence-corrected chi connectivity index (χ0v) is 12.7. The van der Waals surface area contributed by atoms with Crippen molar-refractivity contribution < 1.29 is 19.0 Å². The van der Waals surface area contributed by atoms with E-state index < -0.39 is 23.6 Å². The van der Waals surface area contributed by atoms with E-state index in [2.05, 4.69) is 5.32 Å². The highest BCUT2D eigenvalue weighted by molar-refractivity contribution is 5.94. The van der Waals surface area contributed by atoms with E-state index in [0.717, 1.165) is 11.1 Å². The van der Waals surface area contributed by atoms with E-state index in [-0.39, 0.29) is 5.69 Å². The van der Waals surface area contributed by atoms with E-state index in [9.17, 15) is 14.3 Å². The molecule has 22 heavy (non-hydrogen) atoms. The van der Waals surface area contributed by atoms with Crippen LogP contribution in [0.5, 0.6) is 11.5 Å². The second-order valence-corrected chi connectivity index (χ2v) is 5.16. The molecule has 0 aliphatic carbocycles. The van der Waals surface area contributed by atoms with Gasteiger partial charge in [0.2, 0.25) is 0 Å². The van der Waals surface area contributed by atoms with Crippen LogP contribution in [-0.2, 0) is 4.79 Å². The number of aryl methyl sites for hydroxylation is 2. The van der Waals surface area contributed by atoms with Crippen LogP contribution in [0.4, 0.5) is 10.1 Å². The smallest absolute Gasteiger partial charge is 0.265 e. The van der Waals surface area contributed by atoms with E-state index >= 15 is 0 Å². The molecule has 1 amide bonds. The molecular weight excluding hydrogens is 285 g/mol. The summed E-state index contributed by atoms with van der Waals surface area (Å²) in [6.07, 6.45) is -0.803. The summed E-state index contributed by atoms with van der Waals surface area (Å²) in [5.41, 5.74) is 1.94. The van der Waals surface area contributed by atoms with Crippen LogP contribution in [0.3, 0.4) is 0 Å². The molecule has 0 spiro atoms. The highest BCUT2D eigenvalue weighted by Crippen LogP contribution is 2.24. The van der Waals surface area contributed by atoms with Gasteiger partial charge >= 0.3 is 0 Å². The lowest BCUT2D eigenvalue weighted by atomic mass is 10.1.